The molecule has 0 atom stereocenters. The van der Waals surface area contributed by atoms with Crippen molar-refractivity contribution >= 4 is 29.5 Å². The minimum atomic E-state index is 0.380. The van der Waals surface area contributed by atoms with Crippen molar-refractivity contribution in [2.75, 3.05) is 13.1 Å². The van der Waals surface area contributed by atoms with Crippen LogP contribution in [0.15, 0.2) is 18.2 Å². The standard InChI is InChI=1S/C10H11Cl2NO/c11-9-2-1-8(10(12)7-9)3-4-13-5-6-14/h1-2,6-7,13H,3-5H2. The summed E-state index contributed by atoms with van der Waals surface area (Å²) >= 11 is 11.7. The summed E-state index contributed by atoms with van der Waals surface area (Å²) in [6.45, 7) is 1.12. The number of carbonyl (C=O) groups excluding carboxylic acids is 1. The van der Waals surface area contributed by atoms with Gasteiger partial charge in [-0.25, -0.2) is 0 Å². The fourth-order valence-corrected chi connectivity index (χ4v) is 1.61. The molecule has 0 saturated carbocycles. The minimum Gasteiger partial charge on any atom is -0.310 e. The molecule has 1 aromatic carbocycles. The van der Waals surface area contributed by atoms with Crippen LogP contribution >= 0.6 is 23.2 Å². The fourth-order valence-electron chi connectivity index (χ4n) is 1.11. The predicted molar refractivity (Wildman–Crippen MR) is 59.1 cm³/mol. The molecule has 0 saturated heterocycles. The zero-order chi connectivity index (χ0) is 10.4. The van der Waals surface area contributed by atoms with E-state index in [1.54, 1.807) is 6.07 Å². The van der Waals surface area contributed by atoms with Gasteiger partial charge >= 0.3 is 0 Å². The second-order valence-corrected chi connectivity index (χ2v) is 3.70. The van der Waals surface area contributed by atoms with Crippen LogP contribution in [-0.2, 0) is 11.2 Å². The van der Waals surface area contributed by atoms with Crippen molar-refractivity contribution in [2.45, 2.75) is 6.42 Å². The first kappa shape index (κ1) is 11.5. The van der Waals surface area contributed by atoms with Crippen LogP contribution in [0.4, 0.5) is 0 Å². The molecule has 0 spiro atoms. The highest BCUT2D eigenvalue weighted by Gasteiger charge is 2.00. The highest BCUT2D eigenvalue weighted by molar-refractivity contribution is 6.35. The van der Waals surface area contributed by atoms with Crippen molar-refractivity contribution in [2.24, 2.45) is 0 Å². The molecule has 0 aliphatic carbocycles. The molecule has 0 radical (unpaired) electrons. The van der Waals surface area contributed by atoms with Crippen molar-refractivity contribution in [3.63, 3.8) is 0 Å². The summed E-state index contributed by atoms with van der Waals surface area (Å²) in [5.74, 6) is 0. The number of aldehydes is 1. The molecule has 0 fully saturated rings. The summed E-state index contributed by atoms with van der Waals surface area (Å²) in [5.41, 5.74) is 1.04. The Hall–Kier alpha value is -0.570. The van der Waals surface area contributed by atoms with Crippen LogP contribution in [-0.4, -0.2) is 19.4 Å². The molecule has 0 bridgehead atoms. The molecule has 1 aromatic rings. The number of hydrogen-bond acceptors (Lipinski definition) is 2. The van der Waals surface area contributed by atoms with Crippen LogP contribution in [0.2, 0.25) is 10.0 Å². The van der Waals surface area contributed by atoms with E-state index >= 15 is 0 Å². The first-order valence-corrected chi connectivity index (χ1v) is 5.08. The van der Waals surface area contributed by atoms with Gasteiger partial charge in [-0.2, -0.15) is 0 Å². The second-order valence-electron chi connectivity index (χ2n) is 2.86. The molecule has 0 amide bonds. The van der Waals surface area contributed by atoms with Crippen molar-refractivity contribution in [1.29, 1.82) is 0 Å². The van der Waals surface area contributed by atoms with Gasteiger partial charge in [0.2, 0.25) is 0 Å². The molecular weight excluding hydrogens is 221 g/mol. The van der Waals surface area contributed by atoms with E-state index in [9.17, 15) is 4.79 Å². The molecule has 14 heavy (non-hydrogen) atoms. The second kappa shape index (κ2) is 6.02. The van der Waals surface area contributed by atoms with Gasteiger partial charge in [0.25, 0.3) is 0 Å². The lowest BCUT2D eigenvalue weighted by atomic mass is 10.1. The van der Waals surface area contributed by atoms with Gasteiger partial charge in [-0.15, -0.1) is 0 Å². The van der Waals surface area contributed by atoms with Crippen LogP contribution < -0.4 is 5.32 Å². The van der Waals surface area contributed by atoms with Gasteiger partial charge in [-0.3, -0.25) is 0 Å². The number of benzene rings is 1. The lowest BCUT2D eigenvalue weighted by Gasteiger charge is -2.04. The quantitative estimate of drug-likeness (QED) is 0.623. The largest absolute Gasteiger partial charge is 0.310 e. The Morgan fingerprint density at radius 2 is 2.14 bits per heavy atom. The third-order valence-corrected chi connectivity index (χ3v) is 2.40. The van der Waals surface area contributed by atoms with Gasteiger partial charge in [0, 0.05) is 10.0 Å². The summed E-state index contributed by atoms with van der Waals surface area (Å²) < 4.78 is 0. The van der Waals surface area contributed by atoms with Crippen LogP contribution in [0.25, 0.3) is 0 Å². The number of rotatable bonds is 5. The Balaban J connectivity index is 2.46. The molecule has 0 heterocycles. The number of halogens is 2. The van der Waals surface area contributed by atoms with E-state index < -0.39 is 0 Å². The normalized spacial score (nSPS) is 10.1. The van der Waals surface area contributed by atoms with Crippen LogP contribution in [0.3, 0.4) is 0 Å². The molecule has 0 aliphatic heterocycles. The van der Waals surface area contributed by atoms with Gasteiger partial charge in [0.15, 0.2) is 0 Å². The van der Waals surface area contributed by atoms with Gasteiger partial charge in [0.1, 0.15) is 6.29 Å². The first-order valence-electron chi connectivity index (χ1n) is 4.32. The van der Waals surface area contributed by atoms with E-state index in [2.05, 4.69) is 5.32 Å². The highest BCUT2D eigenvalue weighted by atomic mass is 35.5. The molecule has 0 aliphatic rings. The lowest BCUT2D eigenvalue weighted by Crippen LogP contribution is -2.19. The summed E-state index contributed by atoms with van der Waals surface area (Å²) in [6, 6.07) is 5.42. The molecule has 76 valence electrons. The number of carbonyl (C=O) groups is 1. The van der Waals surface area contributed by atoms with Crippen molar-refractivity contribution in [1.82, 2.24) is 5.32 Å². The van der Waals surface area contributed by atoms with Crippen molar-refractivity contribution in [3.05, 3.63) is 33.8 Å². The van der Waals surface area contributed by atoms with E-state index in [1.807, 2.05) is 12.1 Å². The fraction of sp³-hybridized carbons (Fsp3) is 0.300. The molecule has 1 rings (SSSR count). The SMILES string of the molecule is O=CCNCCc1ccc(Cl)cc1Cl. The maximum absolute atomic E-state index is 10.0. The lowest BCUT2D eigenvalue weighted by molar-refractivity contribution is -0.107. The average molecular weight is 232 g/mol. The summed E-state index contributed by atoms with van der Waals surface area (Å²) in [4.78, 5) is 10.0. The molecule has 1 N–H and O–H groups in total. The minimum absolute atomic E-state index is 0.380. The van der Waals surface area contributed by atoms with E-state index in [4.69, 9.17) is 23.2 Å². The van der Waals surface area contributed by atoms with Crippen LogP contribution in [0.1, 0.15) is 5.56 Å². The molecule has 2 nitrogen and oxygen atoms in total. The van der Waals surface area contributed by atoms with Crippen LogP contribution in [0.5, 0.6) is 0 Å². The Morgan fingerprint density at radius 3 is 2.79 bits per heavy atom. The zero-order valence-electron chi connectivity index (χ0n) is 7.59. The molecule has 4 heteroatoms. The first-order chi connectivity index (χ1) is 6.74. The van der Waals surface area contributed by atoms with Gasteiger partial charge < -0.3 is 10.1 Å². The smallest absolute Gasteiger partial charge is 0.133 e. The summed E-state index contributed by atoms with van der Waals surface area (Å²) in [7, 11) is 0. The van der Waals surface area contributed by atoms with E-state index in [0.29, 0.717) is 16.6 Å². The van der Waals surface area contributed by atoms with Gasteiger partial charge in [0.05, 0.1) is 6.54 Å². The van der Waals surface area contributed by atoms with Crippen molar-refractivity contribution in [3.8, 4) is 0 Å². The molecule has 0 aromatic heterocycles. The molecular formula is C10H11Cl2NO. The molecule has 0 unspecified atom stereocenters. The Labute approximate surface area is 93.2 Å². The van der Waals surface area contributed by atoms with E-state index in [1.165, 1.54) is 0 Å². The maximum Gasteiger partial charge on any atom is 0.133 e. The Bertz CT molecular complexity index is 315. The average Bonchev–Trinajstić information content (AvgIpc) is 2.15. The monoisotopic (exact) mass is 231 g/mol. The zero-order valence-corrected chi connectivity index (χ0v) is 9.11. The van der Waals surface area contributed by atoms with Crippen LogP contribution in [0, 0.1) is 0 Å². The Kier molecular flexibility index (Phi) is 4.94. The number of nitrogens with one attached hydrogen (secondary N) is 1. The topological polar surface area (TPSA) is 29.1 Å². The third kappa shape index (κ3) is 3.66. The van der Waals surface area contributed by atoms with Crippen molar-refractivity contribution < 1.29 is 4.79 Å². The maximum atomic E-state index is 10.0. The van der Waals surface area contributed by atoms with E-state index in [0.717, 1.165) is 24.8 Å². The number of hydrogen-bond donors (Lipinski definition) is 1. The summed E-state index contributed by atoms with van der Waals surface area (Å²) in [5, 5.41) is 4.28. The highest BCUT2D eigenvalue weighted by Crippen LogP contribution is 2.20. The van der Waals surface area contributed by atoms with E-state index in [-0.39, 0.29) is 0 Å². The van der Waals surface area contributed by atoms with Gasteiger partial charge in [-0.1, -0.05) is 29.3 Å². The Morgan fingerprint density at radius 1 is 1.36 bits per heavy atom. The third-order valence-electron chi connectivity index (χ3n) is 1.81. The van der Waals surface area contributed by atoms with Gasteiger partial charge in [-0.05, 0) is 30.7 Å². The summed E-state index contributed by atoms with van der Waals surface area (Å²) in [6.07, 6.45) is 1.63. The predicted octanol–water partition coefficient (Wildman–Crippen LogP) is 2.32.